The average Bonchev–Trinajstić information content (AvgIpc) is 2.09. The summed E-state index contributed by atoms with van der Waals surface area (Å²) in [5.41, 5.74) is -0.201. The number of hydrogen-bond acceptors (Lipinski definition) is 3. The van der Waals surface area contributed by atoms with Gasteiger partial charge in [-0.15, -0.1) is 0 Å². The lowest BCUT2D eigenvalue weighted by Gasteiger charge is -1.93. The molecular formula is C6H4BrF3N2O3. The minimum absolute atomic E-state index is 0.201. The summed E-state index contributed by atoms with van der Waals surface area (Å²) in [6.45, 7) is 0. The molecule has 0 fully saturated rings. The van der Waals surface area contributed by atoms with E-state index in [2.05, 4.69) is 26.1 Å². The fourth-order valence-electron chi connectivity index (χ4n) is 0.328. The van der Waals surface area contributed by atoms with Gasteiger partial charge >= 0.3 is 12.1 Å². The normalized spacial score (nSPS) is 10.1. The molecule has 1 aromatic rings. The summed E-state index contributed by atoms with van der Waals surface area (Å²) in [6.07, 6.45) is -3.58. The van der Waals surface area contributed by atoms with E-state index in [0.717, 1.165) is 0 Å². The van der Waals surface area contributed by atoms with E-state index in [1.807, 2.05) is 0 Å². The molecule has 0 saturated carbocycles. The molecule has 2 N–H and O–H groups in total. The van der Waals surface area contributed by atoms with Crippen molar-refractivity contribution in [2.24, 2.45) is 0 Å². The number of aromatic nitrogens is 2. The summed E-state index contributed by atoms with van der Waals surface area (Å²) in [5, 5.41) is 12.8. The molecular weight excluding hydrogens is 285 g/mol. The van der Waals surface area contributed by atoms with Crippen molar-refractivity contribution in [1.82, 2.24) is 10.2 Å². The Morgan fingerprint density at radius 1 is 1.53 bits per heavy atom. The smallest absolute Gasteiger partial charge is 0.475 e. The molecule has 0 saturated heterocycles. The van der Waals surface area contributed by atoms with E-state index < -0.39 is 12.1 Å². The lowest BCUT2D eigenvalue weighted by Crippen LogP contribution is -2.21. The second kappa shape index (κ2) is 5.49. The maximum atomic E-state index is 10.6. The Labute approximate surface area is 89.1 Å². The molecule has 1 aromatic heterocycles. The number of aliphatic carboxylic acids is 1. The van der Waals surface area contributed by atoms with Crippen LogP contribution in [0.4, 0.5) is 13.2 Å². The Balaban J connectivity index is 0.000000265. The lowest BCUT2D eigenvalue weighted by atomic mass is 10.6. The molecule has 0 aromatic carbocycles. The van der Waals surface area contributed by atoms with Gasteiger partial charge in [0.2, 0.25) is 0 Å². The molecule has 0 aliphatic carbocycles. The highest BCUT2D eigenvalue weighted by atomic mass is 79.9. The number of hydrogen-bond donors (Lipinski definition) is 2. The Hall–Kier alpha value is -1.38. The fraction of sp³-hybridized carbons (Fsp3) is 0.167. The van der Waals surface area contributed by atoms with E-state index in [-0.39, 0.29) is 5.56 Å². The lowest BCUT2D eigenvalue weighted by molar-refractivity contribution is -0.192. The van der Waals surface area contributed by atoms with Crippen molar-refractivity contribution in [3.8, 4) is 0 Å². The molecule has 84 valence electrons. The third-order valence-electron chi connectivity index (χ3n) is 0.921. The van der Waals surface area contributed by atoms with Crippen LogP contribution in [0.25, 0.3) is 0 Å². The molecule has 0 radical (unpaired) electrons. The van der Waals surface area contributed by atoms with Crippen LogP contribution in [0.2, 0.25) is 0 Å². The van der Waals surface area contributed by atoms with Crippen LogP contribution in [0.1, 0.15) is 0 Å². The highest BCUT2D eigenvalue weighted by Gasteiger charge is 2.38. The molecule has 0 unspecified atom stereocenters. The molecule has 1 rings (SSSR count). The number of carboxylic acid groups (broad SMARTS) is 1. The standard InChI is InChI=1S/C4H3BrN2O.C2HF3O2/c5-3-1-2-6-7-4(3)8;3-2(4,5)1(6)7/h1-2H,(H,7,8);(H,6,7). The van der Waals surface area contributed by atoms with Gasteiger partial charge in [-0.1, -0.05) is 0 Å². The molecule has 0 aliphatic heterocycles. The second-order valence-electron chi connectivity index (χ2n) is 2.04. The SMILES string of the molecule is O=C(O)C(F)(F)F.O=c1[nH]nccc1Br. The van der Waals surface area contributed by atoms with Gasteiger partial charge in [0.15, 0.2) is 0 Å². The number of carboxylic acids is 1. The zero-order chi connectivity index (χ0) is 12.1. The van der Waals surface area contributed by atoms with Crippen LogP contribution in [-0.2, 0) is 4.79 Å². The summed E-state index contributed by atoms with van der Waals surface area (Å²) in [6, 6.07) is 1.58. The largest absolute Gasteiger partial charge is 0.490 e. The van der Waals surface area contributed by atoms with Gasteiger partial charge in [-0.3, -0.25) is 4.79 Å². The quantitative estimate of drug-likeness (QED) is 0.751. The number of nitrogens with one attached hydrogen (secondary N) is 1. The van der Waals surface area contributed by atoms with Gasteiger partial charge in [0, 0.05) is 6.20 Å². The number of aromatic amines is 1. The number of halogens is 4. The third-order valence-corrected chi connectivity index (χ3v) is 1.55. The van der Waals surface area contributed by atoms with Crippen molar-refractivity contribution in [2.75, 3.05) is 0 Å². The molecule has 0 amide bonds. The average molecular weight is 289 g/mol. The predicted octanol–water partition coefficient (Wildman–Crippen LogP) is 1.17. The van der Waals surface area contributed by atoms with Gasteiger partial charge in [-0.25, -0.2) is 9.89 Å². The van der Waals surface area contributed by atoms with E-state index >= 15 is 0 Å². The summed E-state index contributed by atoms with van der Waals surface area (Å²) in [5.74, 6) is -2.76. The summed E-state index contributed by atoms with van der Waals surface area (Å²) < 4.78 is 32.2. The fourth-order valence-corrected chi connectivity index (χ4v) is 0.535. The minimum atomic E-state index is -5.08. The molecule has 0 atom stereocenters. The van der Waals surface area contributed by atoms with Crippen LogP contribution >= 0.6 is 15.9 Å². The number of nitrogens with zero attached hydrogens (tertiary/aromatic N) is 1. The number of rotatable bonds is 0. The van der Waals surface area contributed by atoms with E-state index in [9.17, 15) is 18.0 Å². The van der Waals surface area contributed by atoms with E-state index in [1.165, 1.54) is 6.20 Å². The van der Waals surface area contributed by atoms with Crippen molar-refractivity contribution in [3.63, 3.8) is 0 Å². The van der Waals surface area contributed by atoms with Crippen LogP contribution in [0, 0.1) is 0 Å². The Morgan fingerprint density at radius 3 is 2.20 bits per heavy atom. The van der Waals surface area contributed by atoms with Crippen LogP contribution < -0.4 is 5.56 Å². The van der Waals surface area contributed by atoms with E-state index in [0.29, 0.717) is 4.47 Å². The molecule has 0 aliphatic rings. The third kappa shape index (κ3) is 5.83. The first-order valence-corrected chi connectivity index (χ1v) is 4.03. The van der Waals surface area contributed by atoms with Gasteiger partial charge in [0.05, 0.1) is 4.47 Å². The first-order chi connectivity index (χ1) is 6.75. The summed E-state index contributed by atoms with van der Waals surface area (Å²) in [7, 11) is 0. The van der Waals surface area contributed by atoms with Gasteiger partial charge in [-0.05, 0) is 22.0 Å². The zero-order valence-electron chi connectivity index (χ0n) is 6.88. The van der Waals surface area contributed by atoms with Crippen molar-refractivity contribution < 1.29 is 23.1 Å². The van der Waals surface area contributed by atoms with Crippen LogP contribution in [-0.4, -0.2) is 27.4 Å². The van der Waals surface area contributed by atoms with Gasteiger partial charge in [-0.2, -0.15) is 18.3 Å². The van der Waals surface area contributed by atoms with Crippen LogP contribution in [0.15, 0.2) is 21.5 Å². The molecule has 1 heterocycles. The Bertz CT molecular complexity index is 390. The van der Waals surface area contributed by atoms with Crippen LogP contribution in [0.5, 0.6) is 0 Å². The second-order valence-corrected chi connectivity index (χ2v) is 2.89. The molecule has 5 nitrogen and oxygen atoms in total. The van der Waals surface area contributed by atoms with E-state index in [1.54, 1.807) is 6.07 Å². The summed E-state index contributed by atoms with van der Waals surface area (Å²) in [4.78, 5) is 19.3. The summed E-state index contributed by atoms with van der Waals surface area (Å²) >= 11 is 3.01. The van der Waals surface area contributed by atoms with Crippen molar-refractivity contribution in [3.05, 3.63) is 27.1 Å². The molecule has 15 heavy (non-hydrogen) atoms. The minimum Gasteiger partial charge on any atom is -0.475 e. The van der Waals surface area contributed by atoms with Gasteiger partial charge in [0.1, 0.15) is 0 Å². The first kappa shape index (κ1) is 13.6. The highest BCUT2D eigenvalue weighted by Crippen LogP contribution is 2.13. The highest BCUT2D eigenvalue weighted by molar-refractivity contribution is 9.10. The number of H-pyrrole nitrogens is 1. The Kier molecular flexibility index (Phi) is 4.98. The van der Waals surface area contributed by atoms with E-state index in [4.69, 9.17) is 9.90 Å². The number of carbonyl (C=O) groups is 1. The van der Waals surface area contributed by atoms with Crippen LogP contribution in [0.3, 0.4) is 0 Å². The van der Waals surface area contributed by atoms with Crippen molar-refractivity contribution in [2.45, 2.75) is 6.18 Å². The first-order valence-electron chi connectivity index (χ1n) is 3.24. The van der Waals surface area contributed by atoms with Crippen molar-refractivity contribution in [1.29, 1.82) is 0 Å². The van der Waals surface area contributed by atoms with Gasteiger partial charge < -0.3 is 5.11 Å². The Morgan fingerprint density at radius 2 is 2.00 bits per heavy atom. The zero-order valence-corrected chi connectivity index (χ0v) is 8.46. The molecule has 0 bridgehead atoms. The van der Waals surface area contributed by atoms with Gasteiger partial charge in [0.25, 0.3) is 5.56 Å². The van der Waals surface area contributed by atoms with Crippen molar-refractivity contribution >= 4 is 21.9 Å². The maximum absolute atomic E-state index is 10.6. The molecule has 9 heteroatoms. The monoisotopic (exact) mass is 288 g/mol. The maximum Gasteiger partial charge on any atom is 0.490 e. The predicted molar refractivity (Wildman–Crippen MR) is 46.2 cm³/mol. The topological polar surface area (TPSA) is 83.0 Å². The molecule has 0 spiro atoms. The number of alkyl halides is 3.